The first-order valence-corrected chi connectivity index (χ1v) is 10.6. The third-order valence-electron chi connectivity index (χ3n) is 4.42. The molecule has 1 aliphatic rings. The van der Waals surface area contributed by atoms with Gasteiger partial charge in [-0.05, 0) is 43.4 Å². The number of nitrogens with one attached hydrogen (secondary N) is 1. The first kappa shape index (κ1) is 20.2. The Morgan fingerprint density at radius 3 is 2.67 bits per heavy atom. The number of sulfonamides is 1. The smallest absolute Gasteiger partial charge is 0.267 e. The second kappa shape index (κ2) is 7.81. The molecule has 27 heavy (non-hydrogen) atoms. The molecule has 2 aromatic rings. The maximum Gasteiger partial charge on any atom is 0.435 e. The van der Waals surface area contributed by atoms with Crippen LogP contribution in [0.25, 0.3) is 0 Å². The molecule has 148 valence electrons. The van der Waals surface area contributed by atoms with E-state index in [1.807, 2.05) is 0 Å². The Balaban J connectivity index is 1.67. The van der Waals surface area contributed by atoms with E-state index in [1.54, 1.807) is 24.3 Å². The Labute approximate surface area is 160 Å². The third kappa shape index (κ3) is 5.03. The number of fused-ring (bicyclic) bond motifs is 1. The predicted octanol–water partition coefficient (Wildman–Crippen LogP) is 3.55. The third-order valence-corrected chi connectivity index (χ3v) is 6.01. The SMILES string of the molecule is O=S(=O)(Cc1cccc(Cl)c1)NCCn1nc(C(F)(F)F)c2c1CCCC2. The molecular weight excluding hydrogens is 403 g/mol. The molecule has 0 aliphatic heterocycles. The summed E-state index contributed by atoms with van der Waals surface area (Å²) in [5.41, 5.74) is 0.489. The van der Waals surface area contributed by atoms with Gasteiger partial charge in [0.15, 0.2) is 5.69 Å². The van der Waals surface area contributed by atoms with Crippen molar-refractivity contribution in [1.82, 2.24) is 14.5 Å². The zero-order valence-electron chi connectivity index (χ0n) is 14.4. The first-order chi connectivity index (χ1) is 12.7. The Morgan fingerprint density at radius 1 is 1.22 bits per heavy atom. The van der Waals surface area contributed by atoms with E-state index in [0.29, 0.717) is 35.5 Å². The van der Waals surface area contributed by atoms with Gasteiger partial charge in [-0.25, -0.2) is 13.1 Å². The van der Waals surface area contributed by atoms with Crippen LogP contribution in [0.2, 0.25) is 5.02 Å². The van der Waals surface area contributed by atoms with Crippen LogP contribution >= 0.6 is 11.6 Å². The Hall–Kier alpha value is -1.58. The lowest BCUT2D eigenvalue weighted by atomic mass is 9.95. The second-order valence-electron chi connectivity index (χ2n) is 6.49. The molecule has 1 N–H and O–H groups in total. The zero-order valence-corrected chi connectivity index (χ0v) is 16.0. The van der Waals surface area contributed by atoms with E-state index in [4.69, 9.17) is 11.6 Å². The van der Waals surface area contributed by atoms with Crippen LogP contribution in [-0.4, -0.2) is 24.7 Å². The summed E-state index contributed by atoms with van der Waals surface area (Å²) < 4.78 is 67.6. The summed E-state index contributed by atoms with van der Waals surface area (Å²) in [4.78, 5) is 0. The number of benzene rings is 1. The standard InChI is InChI=1S/C17H19ClF3N3O2S/c18-13-5-3-4-12(10-13)11-27(25,26)22-8-9-24-15-7-2-1-6-14(15)16(23-24)17(19,20)21/h3-5,10,22H,1-2,6-9,11H2. The van der Waals surface area contributed by atoms with Gasteiger partial charge in [0, 0.05) is 22.8 Å². The molecule has 5 nitrogen and oxygen atoms in total. The average molecular weight is 422 g/mol. The van der Waals surface area contributed by atoms with E-state index in [9.17, 15) is 21.6 Å². The van der Waals surface area contributed by atoms with Gasteiger partial charge in [0.05, 0.1) is 12.3 Å². The number of hydrogen-bond donors (Lipinski definition) is 1. The predicted molar refractivity (Wildman–Crippen MR) is 95.9 cm³/mol. The molecule has 10 heteroatoms. The van der Waals surface area contributed by atoms with Crippen LogP contribution in [0, 0.1) is 0 Å². The molecule has 0 bridgehead atoms. The highest BCUT2D eigenvalue weighted by Crippen LogP contribution is 2.35. The van der Waals surface area contributed by atoms with Crippen molar-refractivity contribution in [1.29, 1.82) is 0 Å². The van der Waals surface area contributed by atoms with E-state index in [2.05, 4.69) is 9.82 Å². The lowest BCUT2D eigenvalue weighted by Gasteiger charge is -2.15. The number of nitrogens with zero attached hydrogens (tertiary/aromatic N) is 2. The van der Waals surface area contributed by atoms with Crippen molar-refractivity contribution < 1.29 is 21.6 Å². The van der Waals surface area contributed by atoms with Crippen molar-refractivity contribution in [2.24, 2.45) is 0 Å². The van der Waals surface area contributed by atoms with Crippen LogP contribution in [0.1, 0.15) is 35.4 Å². The van der Waals surface area contributed by atoms with Crippen LogP contribution in [0.5, 0.6) is 0 Å². The van der Waals surface area contributed by atoms with Crippen molar-refractivity contribution in [3.8, 4) is 0 Å². The van der Waals surface area contributed by atoms with Crippen molar-refractivity contribution in [3.05, 3.63) is 51.8 Å². The van der Waals surface area contributed by atoms with Crippen LogP contribution in [-0.2, 0) is 41.3 Å². The fourth-order valence-electron chi connectivity index (χ4n) is 3.29. The Bertz CT molecular complexity index is 926. The van der Waals surface area contributed by atoms with Gasteiger partial charge >= 0.3 is 6.18 Å². The highest BCUT2D eigenvalue weighted by atomic mass is 35.5. The van der Waals surface area contributed by atoms with Crippen molar-refractivity contribution >= 4 is 21.6 Å². The largest absolute Gasteiger partial charge is 0.435 e. The van der Waals surface area contributed by atoms with E-state index in [0.717, 1.165) is 6.42 Å². The summed E-state index contributed by atoms with van der Waals surface area (Å²) in [6, 6.07) is 6.50. The topological polar surface area (TPSA) is 64.0 Å². The molecule has 0 unspecified atom stereocenters. The zero-order chi connectivity index (χ0) is 19.7. The lowest BCUT2D eigenvalue weighted by molar-refractivity contribution is -0.142. The Morgan fingerprint density at radius 2 is 1.96 bits per heavy atom. The van der Waals surface area contributed by atoms with Crippen LogP contribution in [0.4, 0.5) is 13.2 Å². The van der Waals surface area contributed by atoms with Gasteiger partial charge in [0.1, 0.15) is 0 Å². The number of halogens is 4. The molecule has 0 spiro atoms. The first-order valence-electron chi connectivity index (χ1n) is 8.53. The van der Waals surface area contributed by atoms with Gasteiger partial charge in [0.2, 0.25) is 10.0 Å². The minimum absolute atomic E-state index is 0.0334. The molecule has 1 heterocycles. The number of aromatic nitrogens is 2. The van der Waals surface area contributed by atoms with Crippen molar-refractivity contribution in [2.75, 3.05) is 6.54 Å². The summed E-state index contributed by atoms with van der Waals surface area (Å²) in [6.07, 6.45) is -2.12. The average Bonchev–Trinajstić information content (AvgIpc) is 2.93. The maximum atomic E-state index is 13.2. The molecule has 3 rings (SSSR count). The van der Waals surface area contributed by atoms with Gasteiger partial charge < -0.3 is 0 Å². The van der Waals surface area contributed by atoms with Crippen LogP contribution in [0.15, 0.2) is 24.3 Å². The number of hydrogen-bond acceptors (Lipinski definition) is 3. The second-order valence-corrected chi connectivity index (χ2v) is 8.73. The molecule has 0 atom stereocenters. The van der Waals surface area contributed by atoms with Crippen LogP contribution in [0.3, 0.4) is 0 Å². The van der Waals surface area contributed by atoms with Gasteiger partial charge in [-0.3, -0.25) is 4.68 Å². The molecule has 1 aromatic heterocycles. The molecule has 0 saturated heterocycles. The minimum Gasteiger partial charge on any atom is -0.267 e. The molecular formula is C17H19ClF3N3O2S. The van der Waals surface area contributed by atoms with E-state index in [-0.39, 0.29) is 24.4 Å². The lowest BCUT2D eigenvalue weighted by Crippen LogP contribution is -2.29. The quantitative estimate of drug-likeness (QED) is 0.775. The van der Waals surface area contributed by atoms with E-state index in [1.165, 1.54) is 4.68 Å². The monoisotopic (exact) mass is 421 g/mol. The van der Waals surface area contributed by atoms with E-state index < -0.39 is 21.9 Å². The van der Waals surface area contributed by atoms with Gasteiger partial charge in [-0.2, -0.15) is 18.3 Å². The van der Waals surface area contributed by atoms with Gasteiger partial charge in [0.25, 0.3) is 0 Å². The summed E-state index contributed by atoms with van der Waals surface area (Å²) in [6.45, 7) is 0.0154. The van der Waals surface area contributed by atoms with Crippen LogP contribution < -0.4 is 4.72 Å². The fourth-order valence-corrected chi connectivity index (χ4v) is 4.62. The fraction of sp³-hybridized carbons (Fsp3) is 0.471. The highest BCUT2D eigenvalue weighted by molar-refractivity contribution is 7.88. The molecule has 0 fully saturated rings. The molecule has 1 aliphatic carbocycles. The summed E-state index contributed by atoms with van der Waals surface area (Å²) in [7, 11) is -3.64. The summed E-state index contributed by atoms with van der Waals surface area (Å²) in [5.74, 6) is -0.251. The summed E-state index contributed by atoms with van der Waals surface area (Å²) >= 11 is 5.85. The molecule has 0 amide bonds. The Kier molecular flexibility index (Phi) is 5.83. The van der Waals surface area contributed by atoms with Gasteiger partial charge in [-0.1, -0.05) is 23.7 Å². The maximum absolute atomic E-state index is 13.2. The summed E-state index contributed by atoms with van der Waals surface area (Å²) in [5, 5.41) is 4.15. The number of alkyl halides is 3. The minimum atomic E-state index is -4.50. The van der Waals surface area contributed by atoms with Crippen molar-refractivity contribution in [2.45, 2.75) is 44.2 Å². The van der Waals surface area contributed by atoms with Gasteiger partial charge in [-0.15, -0.1) is 0 Å². The van der Waals surface area contributed by atoms with Crippen molar-refractivity contribution in [3.63, 3.8) is 0 Å². The normalized spacial score (nSPS) is 15.0. The van der Waals surface area contributed by atoms with E-state index >= 15 is 0 Å². The molecule has 0 radical (unpaired) electrons. The molecule has 1 aromatic carbocycles. The number of rotatable bonds is 6. The molecule has 0 saturated carbocycles. The highest BCUT2D eigenvalue weighted by Gasteiger charge is 2.39.